The molecule has 5 rings (SSSR count). The van der Waals surface area contributed by atoms with E-state index in [4.69, 9.17) is 5.73 Å². The van der Waals surface area contributed by atoms with Crippen molar-refractivity contribution in [2.75, 3.05) is 11.1 Å². The van der Waals surface area contributed by atoms with Crippen LogP contribution in [-0.4, -0.2) is 23.8 Å². The van der Waals surface area contributed by atoms with Crippen molar-refractivity contribution in [2.45, 2.75) is 30.3 Å². The van der Waals surface area contributed by atoms with Gasteiger partial charge in [0.2, 0.25) is 0 Å². The zero-order chi connectivity index (χ0) is 28.3. The summed E-state index contributed by atoms with van der Waals surface area (Å²) in [6.07, 6.45) is 15.9. The van der Waals surface area contributed by atoms with E-state index in [-0.39, 0.29) is 4.90 Å². The van der Waals surface area contributed by atoms with Crippen LogP contribution in [0.1, 0.15) is 29.5 Å². The highest BCUT2D eigenvalue weighted by Gasteiger charge is 2.38. The molecule has 0 radical (unpaired) electrons. The van der Waals surface area contributed by atoms with Gasteiger partial charge in [0.05, 0.1) is 16.3 Å². The SMILES string of the molecule is Cc1cc(C(O)(c2ccc(NC3=CCCC=C3)cc2)C2C=CC(=Nc3ccc(S(=O)(=O)O)cc3)C=C2)ccc1N. The quantitative estimate of drug-likeness (QED) is 0.203. The summed E-state index contributed by atoms with van der Waals surface area (Å²) in [6, 6.07) is 19.0. The predicted molar refractivity (Wildman–Crippen MR) is 160 cm³/mol. The van der Waals surface area contributed by atoms with Gasteiger partial charge in [0.15, 0.2) is 0 Å². The highest BCUT2D eigenvalue weighted by atomic mass is 32.2. The fourth-order valence-corrected chi connectivity index (χ4v) is 5.34. The van der Waals surface area contributed by atoms with Crippen LogP contribution >= 0.6 is 0 Å². The molecule has 0 saturated heterocycles. The minimum absolute atomic E-state index is 0.191. The van der Waals surface area contributed by atoms with Gasteiger partial charge in [-0.05, 0) is 97.1 Å². The number of nitrogens with one attached hydrogen (secondary N) is 1. The van der Waals surface area contributed by atoms with Crippen molar-refractivity contribution >= 4 is 32.9 Å². The molecule has 2 aliphatic carbocycles. The fraction of sp³-hybridized carbons (Fsp3) is 0.156. The second-order valence-corrected chi connectivity index (χ2v) is 11.4. The molecule has 0 aliphatic heterocycles. The Morgan fingerprint density at radius 2 is 1.60 bits per heavy atom. The van der Waals surface area contributed by atoms with Crippen LogP contribution in [0.4, 0.5) is 17.1 Å². The van der Waals surface area contributed by atoms with Gasteiger partial charge in [0.1, 0.15) is 5.60 Å². The number of nitrogen functional groups attached to an aromatic ring is 1. The lowest BCUT2D eigenvalue weighted by molar-refractivity contribution is 0.0539. The molecular formula is C32H31N3O4S. The van der Waals surface area contributed by atoms with E-state index in [1.54, 1.807) is 0 Å². The summed E-state index contributed by atoms with van der Waals surface area (Å²) in [7, 11) is -4.27. The molecule has 1 unspecified atom stereocenters. The van der Waals surface area contributed by atoms with Crippen molar-refractivity contribution in [2.24, 2.45) is 10.9 Å². The van der Waals surface area contributed by atoms with Crippen LogP contribution in [0.5, 0.6) is 0 Å². The molecule has 0 fully saturated rings. The molecular weight excluding hydrogens is 522 g/mol. The highest BCUT2D eigenvalue weighted by molar-refractivity contribution is 7.85. The number of hydrogen-bond acceptors (Lipinski definition) is 6. The van der Waals surface area contributed by atoms with E-state index in [2.05, 4.69) is 28.5 Å². The summed E-state index contributed by atoms with van der Waals surface area (Å²) < 4.78 is 31.8. The van der Waals surface area contributed by atoms with Crippen LogP contribution in [0, 0.1) is 12.8 Å². The predicted octanol–water partition coefficient (Wildman–Crippen LogP) is 6.22. The van der Waals surface area contributed by atoms with Gasteiger partial charge in [-0.25, -0.2) is 4.99 Å². The molecule has 0 saturated carbocycles. The molecule has 8 heteroatoms. The Morgan fingerprint density at radius 1 is 0.925 bits per heavy atom. The molecule has 2 aliphatic rings. The lowest BCUT2D eigenvalue weighted by Gasteiger charge is -2.36. The van der Waals surface area contributed by atoms with Crippen molar-refractivity contribution in [1.82, 2.24) is 0 Å². The number of aryl methyl sites for hydroxylation is 1. The van der Waals surface area contributed by atoms with Crippen molar-refractivity contribution in [3.8, 4) is 0 Å². The van der Waals surface area contributed by atoms with Crippen molar-refractivity contribution in [1.29, 1.82) is 0 Å². The van der Waals surface area contributed by atoms with E-state index in [1.807, 2.05) is 73.7 Å². The average Bonchev–Trinajstić information content (AvgIpc) is 2.95. The van der Waals surface area contributed by atoms with Crippen molar-refractivity contribution in [3.63, 3.8) is 0 Å². The zero-order valence-electron chi connectivity index (χ0n) is 22.0. The van der Waals surface area contributed by atoms with E-state index in [1.165, 1.54) is 24.3 Å². The van der Waals surface area contributed by atoms with Gasteiger partial charge in [-0.3, -0.25) is 4.55 Å². The van der Waals surface area contributed by atoms with E-state index in [0.717, 1.165) is 40.9 Å². The average molecular weight is 554 g/mol. The molecule has 5 N–H and O–H groups in total. The molecule has 0 heterocycles. The molecule has 0 aromatic heterocycles. The first-order valence-corrected chi connectivity index (χ1v) is 14.4. The minimum atomic E-state index is -4.27. The Labute approximate surface area is 234 Å². The van der Waals surface area contributed by atoms with E-state index >= 15 is 0 Å². The summed E-state index contributed by atoms with van der Waals surface area (Å²) in [5.74, 6) is -0.404. The number of hydrogen-bond donors (Lipinski definition) is 4. The number of nitrogens with two attached hydrogens (primary N) is 1. The molecule has 0 amide bonds. The van der Waals surface area contributed by atoms with Crippen LogP contribution in [0.3, 0.4) is 0 Å². The Hall–Kier alpha value is -4.24. The fourth-order valence-electron chi connectivity index (χ4n) is 4.86. The topological polar surface area (TPSA) is 125 Å². The summed E-state index contributed by atoms with van der Waals surface area (Å²) in [5, 5.41) is 15.8. The number of aliphatic hydroxyl groups is 1. The minimum Gasteiger partial charge on any atom is -0.399 e. The van der Waals surface area contributed by atoms with Crippen LogP contribution < -0.4 is 11.1 Å². The largest absolute Gasteiger partial charge is 0.399 e. The van der Waals surface area contributed by atoms with Gasteiger partial charge in [-0.1, -0.05) is 48.6 Å². The van der Waals surface area contributed by atoms with Gasteiger partial charge >= 0.3 is 0 Å². The summed E-state index contributed by atoms with van der Waals surface area (Å²) in [4.78, 5) is 4.35. The third-order valence-corrected chi connectivity index (χ3v) is 8.01. The van der Waals surface area contributed by atoms with E-state index < -0.39 is 21.6 Å². The van der Waals surface area contributed by atoms with Gasteiger partial charge < -0.3 is 16.2 Å². The molecule has 3 aromatic carbocycles. The Bertz CT molecular complexity index is 1650. The normalized spacial score (nSPS) is 18.2. The van der Waals surface area contributed by atoms with Crippen LogP contribution in [0.15, 0.2) is 125 Å². The number of rotatable bonds is 7. The Kier molecular flexibility index (Phi) is 7.58. The first-order valence-electron chi connectivity index (χ1n) is 13.0. The van der Waals surface area contributed by atoms with Gasteiger partial charge in [0, 0.05) is 23.0 Å². The van der Waals surface area contributed by atoms with Crippen molar-refractivity contribution < 1.29 is 18.1 Å². The smallest absolute Gasteiger partial charge is 0.294 e. The van der Waals surface area contributed by atoms with Crippen LogP contribution in [0.2, 0.25) is 0 Å². The lowest BCUT2D eigenvalue weighted by atomic mass is 9.74. The molecule has 40 heavy (non-hydrogen) atoms. The molecule has 1 atom stereocenters. The summed E-state index contributed by atoms with van der Waals surface area (Å²) in [6.45, 7) is 1.92. The third kappa shape index (κ3) is 5.84. The molecule has 204 valence electrons. The lowest BCUT2D eigenvalue weighted by Crippen LogP contribution is -2.35. The van der Waals surface area contributed by atoms with Crippen LogP contribution in [0.25, 0.3) is 0 Å². The maximum Gasteiger partial charge on any atom is 0.294 e. The Morgan fingerprint density at radius 3 is 2.20 bits per heavy atom. The number of aliphatic imine (C=N–C) groups is 1. The zero-order valence-corrected chi connectivity index (χ0v) is 22.8. The maximum atomic E-state index is 12.4. The number of anilines is 2. The summed E-state index contributed by atoms with van der Waals surface area (Å²) in [5.41, 5.74) is 10.9. The Balaban J connectivity index is 1.45. The van der Waals surface area contributed by atoms with Gasteiger partial charge in [0.25, 0.3) is 10.1 Å². The van der Waals surface area contributed by atoms with Gasteiger partial charge in [-0.2, -0.15) is 8.42 Å². The highest BCUT2D eigenvalue weighted by Crippen LogP contribution is 2.41. The van der Waals surface area contributed by atoms with Gasteiger partial charge in [-0.15, -0.1) is 0 Å². The first kappa shape index (κ1) is 27.3. The van der Waals surface area contributed by atoms with E-state index in [0.29, 0.717) is 17.1 Å². The second kappa shape index (κ2) is 11.1. The number of benzene rings is 3. The van der Waals surface area contributed by atoms with E-state index in [9.17, 15) is 18.1 Å². The second-order valence-electron chi connectivity index (χ2n) is 9.93. The first-order chi connectivity index (χ1) is 19.1. The molecule has 0 bridgehead atoms. The maximum absolute atomic E-state index is 12.4. The molecule has 7 nitrogen and oxygen atoms in total. The monoisotopic (exact) mass is 553 g/mol. The summed E-state index contributed by atoms with van der Waals surface area (Å²) >= 11 is 0. The molecule has 3 aromatic rings. The van der Waals surface area contributed by atoms with Crippen LogP contribution in [-0.2, 0) is 15.7 Å². The number of nitrogens with zero attached hydrogens (tertiary/aromatic N) is 1. The third-order valence-electron chi connectivity index (χ3n) is 7.14. The number of allylic oxidation sites excluding steroid dienone is 5. The molecule has 0 spiro atoms. The standard InChI is InChI=1S/C32H31N3O4S/c1-22-21-25(11-20-31(22)33)32(36,23-7-12-27(13-8-23)34-26-5-3-2-4-6-26)24-9-14-28(15-10-24)35-29-16-18-30(19-17-29)40(37,38)39/h3,5-21,24,34,36H,2,4,33H2,1H3,(H,37,38,39). The van der Waals surface area contributed by atoms with Crippen molar-refractivity contribution in [3.05, 3.63) is 132 Å².